The maximum absolute atomic E-state index is 12.6. The van der Waals surface area contributed by atoms with Crippen molar-refractivity contribution in [1.82, 2.24) is 4.57 Å². The largest absolute Gasteiger partial charge is 0.454 e. The Kier molecular flexibility index (Phi) is 7.70. The molecule has 1 heterocycles. The van der Waals surface area contributed by atoms with E-state index in [4.69, 9.17) is 10.00 Å². The number of nitrogens with zero attached hydrogens (tertiary/aromatic N) is 2. The number of hydrogen-bond donors (Lipinski definition) is 1. The second kappa shape index (κ2) is 10.7. The van der Waals surface area contributed by atoms with E-state index in [-0.39, 0.29) is 29.6 Å². The molecule has 0 radical (unpaired) electrons. The first-order chi connectivity index (χ1) is 15.8. The standard InChI is InChI=1S/C25H23N3O4S/c1-16-11-21(17(2)28(16)3)22(29)14-32-25(31)20-9-4-5-10-23(20)33-15-24(30)27-19-8-6-7-18(12-19)13-26/h4-12H,14-15H2,1-3H3,(H,27,30). The molecule has 1 aromatic heterocycles. The quantitative estimate of drug-likeness (QED) is 0.305. The molecule has 0 saturated heterocycles. The van der Waals surface area contributed by atoms with Crippen LogP contribution in [0, 0.1) is 25.2 Å². The number of aryl methyl sites for hydroxylation is 1. The molecule has 0 unspecified atom stereocenters. The first-order valence-electron chi connectivity index (χ1n) is 10.1. The maximum atomic E-state index is 12.6. The number of esters is 1. The minimum Gasteiger partial charge on any atom is -0.454 e. The zero-order valence-electron chi connectivity index (χ0n) is 18.5. The number of carbonyl (C=O) groups excluding carboxylic acids is 3. The van der Waals surface area contributed by atoms with Gasteiger partial charge in [0.2, 0.25) is 11.7 Å². The molecule has 0 spiro atoms. The average molecular weight is 462 g/mol. The summed E-state index contributed by atoms with van der Waals surface area (Å²) >= 11 is 1.18. The predicted molar refractivity (Wildman–Crippen MR) is 126 cm³/mol. The Hall–Kier alpha value is -3.83. The average Bonchev–Trinajstić information content (AvgIpc) is 3.08. The van der Waals surface area contributed by atoms with Gasteiger partial charge in [0.05, 0.1) is 22.9 Å². The summed E-state index contributed by atoms with van der Waals surface area (Å²) in [6.07, 6.45) is 0. The third-order valence-corrected chi connectivity index (χ3v) is 6.22. The molecule has 0 fully saturated rings. The van der Waals surface area contributed by atoms with Crippen LogP contribution in [0.1, 0.15) is 37.7 Å². The Morgan fingerprint density at radius 1 is 1.06 bits per heavy atom. The van der Waals surface area contributed by atoms with E-state index in [1.807, 2.05) is 31.5 Å². The molecule has 1 amide bonds. The predicted octanol–water partition coefficient (Wildman–Crippen LogP) is 4.28. The van der Waals surface area contributed by atoms with Gasteiger partial charge in [-0.05, 0) is 50.2 Å². The molecule has 1 N–H and O–H groups in total. The van der Waals surface area contributed by atoms with E-state index in [9.17, 15) is 14.4 Å². The molecule has 0 aliphatic rings. The Labute approximate surface area is 196 Å². The van der Waals surface area contributed by atoms with Gasteiger partial charge in [0.25, 0.3) is 0 Å². The molecule has 8 heteroatoms. The fourth-order valence-corrected chi connectivity index (χ4v) is 4.03. The van der Waals surface area contributed by atoms with E-state index in [0.29, 0.717) is 21.7 Å². The number of amides is 1. The van der Waals surface area contributed by atoms with Gasteiger partial charge >= 0.3 is 5.97 Å². The van der Waals surface area contributed by atoms with Crippen molar-refractivity contribution in [2.45, 2.75) is 18.7 Å². The van der Waals surface area contributed by atoms with Crippen LogP contribution in [-0.4, -0.2) is 34.6 Å². The smallest absolute Gasteiger partial charge is 0.339 e. The van der Waals surface area contributed by atoms with Crippen LogP contribution < -0.4 is 5.32 Å². The van der Waals surface area contributed by atoms with Crippen molar-refractivity contribution >= 4 is 35.1 Å². The number of benzene rings is 2. The Balaban J connectivity index is 1.60. The minimum absolute atomic E-state index is 0.0580. The van der Waals surface area contributed by atoms with Crippen LogP contribution in [0.15, 0.2) is 59.5 Å². The number of hydrogen-bond acceptors (Lipinski definition) is 6. The molecule has 0 aliphatic carbocycles. The lowest BCUT2D eigenvalue weighted by atomic mass is 10.1. The number of ether oxygens (including phenoxy) is 1. The summed E-state index contributed by atoms with van der Waals surface area (Å²) in [6, 6.07) is 17.2. The van der Waals surface area contributed by atoms with Gasteiger partial charge in [-0.15, -0.1) is 11.8 Å². The number of anilines is 1. The second-order valence-corrected chi connectivity index (χ2v) is 8.39. The summed E-state index contributed by atoms with van der Waals surface area (Å²) in [7, 11) is 1.87. The molecular weight excluding hydrogens is 438 g/mol. The number of aromatic nitrogens is 1. The topological polar surface area (TPSA) is 101 Å². The van der Waals surface area contributed by atoms with Crippen LogP contribution in [0.4, 0.5) is 5.69 Å². The number of thioether (sulfide) groups is 1. The fourth-order valence-electron chi connectivity index (χ4n) is 3.19. The van der Waals surface area contributed by atoms with Crippen LogP contribution in [-0.2, 0) is 16.6 Å². The van der Waals surface area contributed by atoms with Gasteiger partial charge in [-0.2, -0.15) is 5.26 Å². The molecule has 0 saturated carbocycles. The number of nitriles is 1. The van der Waals surface area contributed by atoms with Crippen molar-refractivity contribution in [3.8, 4) is 6.07 Å². The summed E-state index contributed by atoms with van der Waals surface area (Å²) in [5.74, 6) is -1.11. The molecule has 0 bridgehead atoms. The van der Waals surface area contributed by atoms with Crippen molar-refractivity contribution in [2.24, 2.45) is 7.05 Å². The van der Waals surface area contributed by atoms with Crippen LogP contribution in [0.2, 0.25) is 0 Å². The van der Waals surface area contributed by atoms with Crippen LogP contribution in [0.5, 0.6) is 0 Å². The van der Waals surface area contributed by atoms with Gasteiger partial charge in [-0.3, -0.25) is 9.59 Å². The number of rotatable bonds is 8. The molecule has 2 aromatic carbocycles. The number of Topliss-reactive ketones (excluding diaryl/α,β-unsaturated/α-hetero) is 1. The molecule has 33 heavy (non-hydrogen) atoms. The maximum Gasteiger partial charge on any atom is 0.339 e. The van der Waals surface area contributed by atoms with Crippen LogP contribution in [0.3, 0.4) is 0 Å². The Morgan fingerprint density at radius 3 is 2.52 bits per heavy atom. The Morgan fingerprint density at radius 2 is 1.82 bits per heavy atom. The fraction of sp³-hybridized carbons (Fsp3) is 0.200. The molecular formula is C25H23N3O4S. The zero-order valence-corrected chi connectivity index (χ0v) is 19.4. The molecule has 0 aliphatic heterocycles. The van der Waals surface area contributed by atoms with E-state index in [0.717, 1.165) is 11.4 Å². The van der Waals surface area contributed by atoms with Gasteiger partial charge in [0, 0.05) is 34.6 Å². The van der Waals surface area contributed by atoms with Crippen molar-refractivity contribution in [3.63, 3.8) is 0 Å². The molecule has 168 valence electrons. The van der Waals surface area contributed by atoms with E-state index >= 15 is 0 Å². The van der Waals surface area contributed by atoms with Gasteiger partial charge in [-0.1, -0.05) is 18.2 Å². The van der Waals surface area contributed by atoms with Crippen molar-refractivity contribution in [3.05, 3.63) is 82.7 Å². The molecule has 3 aromatic rings. The lowest BCUT2D eigenvalue weighted by Gasteiger charge is -2.10. The summed E-state index contributed by atoms with van der Waals surface area (Å²) in [5.41, 5.74) is 3.55. The SMILES string of the molecule is Cc1cc(C(=O)COC(=O)c2ccccc2SCC(=O)Nc2cccc(C#N)c2)c(C)n1C. The number of nitrogens with one attached hydrogen (secondary N) is 1. The third-order valence-electron chi connectivity index (χ3n) is 5.15. The lowest BCUT2D eigenvalue weighted by Crippen LogP contribution is -2.16. The summed E-state index contributed by atoms with van der Waals surface area (Å²) in [4.78, 5) is 38.1. The van der Waals surface area contributed by atoms with Gasteiger partial charge in [-0.25, -0.2) is 4.79 Å². The first kappa shape index (κ1) is 23.8. The molecule has 0 atom stereocenters. The Bertz CT molecular complexity index is 1260. The van der Waals surface area contributed by atoms with E-state index in [1.165, 1.54) is 11.8 Å². The van der Waals surface area contributed by atoms with Crippen LogP contribution >= 0.6 is 11.8 Å². The van der Waals surface area contributed by atoms with Crippen molar-refractivity contribution in [1.29, 1.82) is 5.26 Å². The first-order valence-corrected chi connectivity index (χ1v) is 11.1. The number of carbonyl (C=O) groups is 3. The second-order valence-electron chi connectivity index (χ2n) is 7.37. The highest BCUT2D eigenvalue weighted by Crippen LogP contribution is 2.24. The highest BCUT2D eigenvalue weighted by Gasteiger charge is 2.19. The summed E-state index contributed by atoms with van der Waals surface area (Å²) < 4.78 is 7.18. The van der Waals surface area contributed by atoms with Gasteiger partial charge in [0.15, 0.2) is 6.61 Å². The third kappa shape index (κ3) is 5.90. The zero-order chi connectivity index (χ0) is 24.0. The van der Waals surface area contributed by atoms with Crippen LogP contribution in [0.25, 0.3) is 0 Å². The number of ketones is 1. The van der Waals surface area contributed by atoms with E-state index in [1.54, 1.807) is 54.6 Å². The lowest BCUT2D eigenvalue weighted by molar-refractivity contribution is -0.113. The highest BCUT2D eigenvalue weighted by molar-refractivity contribution is 8.00. The summed E-state index contributed by atoms with van der Waals surface area (Å²) in [6.45, 7) is 3.38. The molecule has 3 rings (SSSR count). The highest BCUT2D eigenvalue weighted by atomic mass is 32.2. The van der Waals surface area contributed by atoms with Crippen molar-refractivity contribution in [2.75, 3.05) is 17.7 Å². The monoisotopic (exact) mass is 461 g/mol. The van der Waals surface area contributed by atoms with E-state index < -0.39 is 5.97 Å². The molecule has 7 nitrogen and oxygen atoms in total. The van der Waals surface area contributed by atoms with Gasteiger partial charge in [0.1, 0.15) is 0 Å². The van der Waals surface area contributed by atoms with Gasteiger partial charge < -0.3 is 14.6 Å². The summed E-state index contributed by atoms with van der Waals surface area (Å²) in [5, 5.41) is 11.7. The minimum atomic E-state index is -0.626. The van der Waals surface area contributed by atoms with Crippen molar-refractivity contribution < 1.29 is 19.1 Å². The van der Waals surface area contributed by atoms with E-state index in [2.05, 4.69) is 5.32 Å². The normalized spacial score (nSPS) is 10.4.